The van der Waals surface area contributed by atoms with Crippen molar-refractivity contribution in [2.24, 2.45) is 0 Å². The summed E-state index contributed by atoms with van der Waals surface area (Å²) in [6.07, 6.45) is 6.61. The van der Waals surface area contributed by atoms with Gasteiger partial charge >= 0.3 is 0 Å². The molecule has 2 aromatic carbocycles. The average molecular weight is 487 g/mol. The minimum atomic E-state index is -0.459. The third-order valence-corrected chi connectivity index (χ3v) is 7.60. The largest absolute Gasteiger partial charge is 0.352 e. The van der Waals surface area contributed by atoms with Crippen LogP contribution in [0.3, 0.4) is 0 Å². The molecule has 0 bridgehead atoms. The highest BCUT2D eigenvalue weighted by atomic mass is 35.5. The fourth-order valence-electron chi connectivity index (χ4n) is 4.37. The summed E-state index contributed by atoms with van der Waals surface area (Å²) >= 11 is 7.60. The van der Waals surface area contributed by atoms with Gasteiger partial charge < -0.3 is 10.2 Å². The molecule has 33 heavy (non-hydrogen) atoms. The number of benzene rings is 2. The number of halogens is 1. The SMILES string of the molecule is CC[C@@H](C(=O)NC1CCCCC1)N(Cc1ccccc1C)C(=O)CCSc1ccc(Cl)cc1. The third kappa shape index (κ3) is 7.79. The Labute approximate surface area is 207 Å². The van der Waals surface area contributed by atoms with Crippen LogP contribution in [0.15, 0.2) is 53.4 Å². The maximum absolute atomic E-state index is 13.4. The number of carbonyl (C=O) groups is 2. The summed E-state index contributed by atoms with van der Waals surface area (Å²) in [6.45, 7) is 4.50. The summed E-state index contributed by atoms with van der Waals surface area (Å²) in [4.78, 5) is 29.6. The van der Waals surface area contributed by atoms with Gasteiger partial charge in [-0.25, -0.2) is 0 Å². The number of amides is 2. The highest BCUT2D eigenvalue weighted by molar-refractivity contribution is 7.99. The lowest BCUT2D eigenvalue weighted by Gasteiger charge is -2.33. The van der Waals surface area contributed by atoms with Crippen LogP contribution in [0.25, 0.3) is 0 Å². The van der Waals surface area contributed by atoms with Gasteiger partial charge in [-0.15, -0.1) is 11.8 Å². The first-order chi connectivity index (χ1) is 16.0. The van der Waals surface area contributed by atoms with Gasteiger partial charge in [0.2, 0.25) is 11.8 Å². The second-order valence-electron chi connectivity index (χ2n) is 8.77. The number of aryl methyl sites for hydroxylation is 1. The Balaban J connectivity index is 1.70. The lowest BCUT2D eigenvalue weighted by Crippen LogP contribution is -2.51. The van der Waals surface area contributed by atoms with Crippen molar-refractivity contribution in [3.05, 3.63) is 64.7 Å². The van der Waals surface area contributed by atoms with Gasteiger partial charge in [-0.2, -0.15) is 0 Å². The second-order valence-corrected chi connectivity index (χ2v) is 10.4. The number of nitrogens with one attached hydrogen (secondary N) is 1. The standard InChI is InChI=1S/C27H35ClN2O2S/c1-3-25(27(32)29-23-11-5-4-6-12-23)30(19-21-10-8-7-9-20(21)2)26(31)17-18-33-24-15-13-22(28)14-16-24/h7-10,13-16,23,25H,3-6,11-12,17-19H2,1-2H3,(H,29,32)/t25-/m0/s1. The lowest BCUT2D eigenvalue weighted by molar-refractivity contribution is -0.141. The molecule has 1 N–H and O–H groups in total. The van der Waals surface area contributed by atoms with Gasteiger partial charge in [0.25, 0.3) is 0 Å². The molecule has 0 saturated heterocycles. The van der Waals surface area contributed by atoms with Gasteiger partial charge in [-0.3, -0.25) is 9.59 Å². The molecule has 6 heteroatoms. The van der Waals surface area contributed by atoms with Crippen LogP contribution < -0.4 is 5.32 Å². The van der Waals surface area contributed by atoms with Gasteiger partial charge in [0, 0.05) is 34.7 Å². The van der Waals surface area contributed by atoms with E-state index < -0.39 is 6.04 Å². The Morgan fingerprint density at radius 2 is 1.79 bits per heavy atom. The van der Waals surface area contributed by atoms with Crippen molar-refractivity contribution in [3.63, 3.8) is 0 Å². The smallest absolute Gasteiger partial charge is 0.243 e. The van der Waals surface area contributed by atoms with E-state index in [4.69, 9.17) is 11.6 Å². The summed E-state index contributed by atoms with van der Waals surface area (Å²) in [5.41, 5.74) is 2.22. The highest BCUT2D eigenvalue weighted by Crippen LogP contribution is 2.23. The first-order valence-corrected chi connectivity index (χ1v) is 13.4. The highest BCUT2D eigenvalue weighted by Gasteiger charge is 2.30. The predicted octanol–water partition coefficient (Wildman–Crippen LogP) is 6.39. The molecule has 2 amide bonds. The topological polar surface area (TPSA) is 49.4 Å². The summed E-state index contributed by atoms with van der Waals surface area (Å²) in [6, 6.07) is 15.5. The first-order valence-electron chi connectivity index (χ1n) is 12.0. The predicted molar refractivity (Wildman–Crippen MR) is 138 cm³/mol. The van der Waals surface area contributed by atoms with Crippen LogP contribution in [0.5, 0.6) is 0 Å². The van der Waals surface area contributed by atoms with Gasteiger partial charge in [0.05, 0.1) is 0 Å². The molecule has 3 rings (SSSR count). The zero-order valence-electron chi connectivity index (χ0n) is 19.7. The molecule has 2 aromatic rings. The van der Waals surface area contributed by atoms with Gasteiger partial charge in [-0.1, -0.05) is 62.1 Å². The molecule has 1 fully saturated rings. The quantitative estimate of drug-likeness (QED) is 0.396. The number of hydrogen-bond donors (Lipinski definition) is 1. The molecule has 1 aliphatic rings. The molecule has 4 nitrogen and oxygen atoms in total. The van der Waals surface area contributed by atoms with Gasteiger partial charge in [0.1, 0.15) is 6.04 Å². The summed E-state index contributed by atoms with van der Waals surface area (Å²) in [5.74, 6) is 0.660. The molecule has 0 radical (unpaired) electrons. The van der Waals surface area contributed by atoms with Crippen LogP contribution in [0.2, 0.25) is 5.02 Å². The zero-order valence-corrected chi connectivity index (χ0v) is 21.3. The van der Waals surface area contributed by atoms with Crippen LogP contribution in [0.1, 0.15) is 63.0 Å². The minimum Gasteiger partial charge on any atom is -0.352 e. The number of nitrogens with zero attached hydrogens (tertiary/aromatic N) is 1. The molecule has 178 valence electrons. The van der Waals surface area contributed by atoms with E-state index in [2.05, 4.69) is 18.3 Å². The van der Waals surface area contributed by atoms with Crippen molar-refractivity contribution in [2.75, 3.05) is 5.75 Å². The van der Waals surface area contributed by atoms with Crippen molar-refractivity contribution >= 4 is 35.2 Å². The van der Waals surface area contributed by atoms with E-state index >= 15 is 0 Å². The minimum absolute atomic E-state index is 0.0170. The summed E-state index contributed by atoms with van der Waals surface area (Å²) < 4.78 is 0. The van der Waals surface area contributed by atoms with E-state index in [1.54, 1.807) is 16.7 Å². The fraction of sp³-hybridized carbons (Fsp3) is 0.481. The van der Waals surface area contributed by atoms with E-state index in [0.29, 0.717) is 30.2 Å². The van der Waals surface area contributed by atoms with Crippen molar-refractivity contribution in [3.8, 4) is 0 Å². The molecule has 0 aromatic heterocycles. The van der Waals surface area contributed by atoms with E-state index in [9.17, 15) is 9.59 Å². The number of rotatable bonds is 10. The van der Waals surface area contributed by atoms with Crippen LogP contribution >= 0.6 is 23.4 Å². The molecule has 0 heterocycles. The maximum atomic E-state index is 13.4. The molecular weight excluding hydrogens is 452 g/mol. The molecule has 0 unspecified atom stereocenters. The molecule has 1 aliphatic carbocycles. The van der Waals surface area contributed by atoms with E-state index in [1.807, 2.05) is 49.4 Å². The Bertz CT molecular complexity index is 913. The molecule has 1 saturated carbocycles. The molecule has 0 spiro atoms. The first kappa shape index (κ1) is 25.6. The van der Waals surface area contributed by atoms with E-state index in [0.717, 1.165) is 41.7 Å². The van der Waals surface area contributed by atoms with Crippen LogP contribution in [-0.2, 0) is 16.1 Å². The normalized spacial score (nSPS) is 15.1. The number of thioether (sulfide) groups is 1. The number of carbonyl (C=O) groups excluding carboxylic acids is 2. The molecule has 1 atom stereocenters. The Kier molecular flexibility index (Phi) is 10.1. The monoisotopic (exact) mass is 486 g/mol. The van der Waals surface area contributed by atoms with Gasteiger partial charge in [-0.05, 0) is 61.6 Å². The third-order valence-electron chi connectivity index (χ3n) is 6.34. The molecular formula is C27H35ClN2O2S. The second kappa shape index (κ2) is 13.0. The van der Waals surface area contributed by atoms with Gasteiger partial charge in [0.15, 0.2) is 0 Å². The summed E-state index contributed by atoms with van der Waals surface area (Å²) in [7, 11) is 0. The molecule has 0 aliphatic heterocycles. The fourth-order valence-corrected chi connectivity index (χ4v) is 5.33. The summed E-state index contributed by atoms with van der Waals surface area (Å²) in [5, 5.41) is 3.95. The maximum Gasteiger partial charge on any atom is 0.243 e. The number of hydrogen-bond acceptors (Lipinski definition) is 3. The van der Waals surface area contributed by atoms with Crippen molar-refractivity contribution in [2.45, 2.75) is 82.3 Å². The van der Waals surface area contributed by atoms with Crippen molar-refractivity contribution in [1.82, 2.24) is 10.2 Å². The average Bonchev–Trinajstić information content (AvgIpc) is 2.82. The van der Waals surface area contributed by atoms with E-state index in [1.165, 1.54) is 6.42 Å². The lowest BCUT2D eigenvalue weighted by atomic mass is 9.95. The van der Waals surface area contributed by atoms with Crippen molar-refractivity contribution < 1.29 is 9.59 Å². The van der Waals surface area contributed by atoms with Crippen LogP contribution in [-0.4, -0.2) is 34.6 Å². The van der Waals surface area contributed by atoms with Crippen molar-refractivity contribution in [1.29, 1.82) is 0 Å². The van der Waals surface area contributed by atoms with E-state index in [-0.39, 0.29) is 17.9 Å². The Hall–Kier alpha value is -1.98. The van der Waals surface area contributed by atoms with Crippen LogP contribution in [0, 0.1) is 6.92 Å². The van der Waals surface area contributed by atoms with Crippen LogP contribution in [0.4, 0.5) is 0 Å². The zero-order chi connectivity index (χ0) is 23.6. The Morgan fingerprint density at radius 3 is 2.45 bits per heavy atom. The Morgan fingerprint density at radius 1 is 1.09 bits per heavy atom.